The Hall–Kier alpha value is -4.71. The predicted molar refractivity (Wildman–Crippen MR) is 149 cm³/mol. The van der Waals surface area contributed by atoms with Crippen LogP contribution in [0.1, 0.15) is 48.9 Å². The largest absolute Gasteiger partial charge is 0.462 e. The molecule has 3 heterocycles. The van der Waals surface area contributed by atoms with Gasteiger partial charge in [0.05, 0.1) is 35.3 Å². The van der Waals surface area contributed by atoms with Crippen LogP contribution in [0, 0.1) is 31.1 Å². The third-order valence-electron chi connectivity index (χ3n) is 7.54. The maximum absolute atomic E-state index is 13.4. The average Bonchev–Trinajstić information content (AvgIpc) is 3.35. The van der Waals surface area contributed by atoms with Gasteiger partial charge in [-0.05, 0) is 54.8 Å². The molecule has 9 nitrogen and oxygen atoms in total. The number of amides is 2. The summed E-state index contributed by atoms with van der Waals surface area (Å²) in [6.07, 6.45) is 1.85. The fourth-order valence-electron chi connectivity index (χ4n) is 5.46. The smallest absolute Gasteiger partial charge is 0.338 e. The number of carbonyl (C=O) groups is 3. The molecule has 204 valence electrons. The molecule has 2 amide bonds. The van der Waals surface area contributed by atoms with Crippen molar-refractivity contribution in [3.05, 3.63) is 94.2 Å². The Morgan fingerprint density at radius 1 is 1.07 bits per heavy atom. The van der Waals surface area contributed by atoms with Crippen LogP contribution in [0.25, 0.3) is 0 Å². The van der Waals surface area contributed by atoms with Gasteiger partial charge in [-0.15, -0.1) is 0 Å². The summed E-state index contributed by atoms with van der Waals surface area (Å²) in [5, 5.41) is 12.7. The normalized spacial score (nSPS) is 18.7. The van der Waals surface area contributed by atoms with Gasteiger partial charge >= 0.3 is 5.97 Å². The van der Waals surface area contributed by atoms with Gasteiger partial charge in [-0.25, -0.2) is 9.78 Å². The molecule has 0 bridgehead atoms. The zero-order valence-corrected chi connectivity index (χ0v) is 22.6. The second-order valence-corrected chi connectivity index (χ2v) is 10.3. The van der Waals surface area contributed by atoms with Crippen molar-refractivity contribution < 1.29 is 19.1 Å². The summed E-state index contributed by atoms with van der Waals surface area (Å²) in [4.78, 5) is 47.1. The number of aryl methyl sites for hydroxylation is 2. The number of rotatable bonds is 6. The highest BCUT2D eigenvalue weighted by atomic mass is 16.5. The number of nitrogens with one attached hydrogen (secondary N) is 1. The highest BCUT2D eigenvalue weighted by molar-refractivity contribution is 5.97. The SMILES string of the molecule is Cc1cnc(N2CCN(C(=O)c3ccc([C@@H]4C(=O)NCC4COC(=O)c4ccccc4)cc3C#N)CC2)c(C)c1. The van der Waals surface area contributed by atoms with Gasteiger partial charge in [0.2, 0.25) is 5.91 Å². The van der Waals surface area contributed by atoms with Gasteiger partial charge in [0, 0.05) is 44.8 Å². The van der Waals surface area contributed by atoms with E-state index in [2.05, 4.69) is 27.3 Å². The molecule has 2 fully saturated rings. The van der Waals surface area contributed by atoms with Crippen molar-refractivity contribution >= 4 is 23.6 Å². The molecule has 1 aromatic heterocycles. The van der Waals surface area contributed by atoms with Crippen molar-refractivity contribution in [2.75, 3.05) is 44.2 Å². The van der Waals surface area contributed by atoms with Crippen LogP contribution in [-0.4, -0.2) is 67.0 Å². The van der Waals surface area contributed by atoms with Crippen LogP contribution < -0.4 is 10.2 Å². The molecule has 0 aliphatic carbocycles. The maximum Gasteiger partial charge on any atom is 0.338 e. The van der Waals surface area contributed by atoms with Crippen molar-refractivity contribution in [1.82, 2.24) is 15.2 Å². The third-order valence-corrected chi connectivity index (χ3v) is 7.54. The molecule has 40 heavy (non-hydrogen) atoms. The van der Waals surface area contributed by atoms with Gasteiger partial charge < -0.3 is 19.9 Å². The van der Waals surface area contributed by atoms with Gasteiger partial charge in [-0.1, -0.05) is 30.3 Å². The molecule has 2 saturated heterocycles. The summed E-state index contributed by atoms with van der Waals surface area (Å²) < 4.78 is 5.50. The molecule has 2 aliphatic heterocycles. The molecule has 1 unspecified atom stereocenters. The molecular weight excluding hydrogens is 506 g/mol. The van der Waals surface area contributed by atoms with Crippen LogP contribution >= 0.6 is 0 Å². The summed E-state index contributed by atoms with van der Waals surface area (Å²) in [7, 11) is 0. The first kappa shape index (κ1) is 26.9. The van der Waals surface area contributed by atoms with Gasteiger partial charge in [0.1, 0.15) is 5.82 Å². The zero-order chi connectivity index (χ0) is 28.2. The fourth-order valence-corrected chi connectivity index (χ4v) is 5.46. The number of nitriles is 1. The predicted octanol–water partition coefficient (Wildman–Crippen LogP) is 3.22. The van der Waals surface area contributed by atoms with E-state index in [0.717, 1.165) is 16.9 Å². The van der Waals surface area contributed by atoms with Crippen molar-refractivity contribution in [2.45, 2.75) is 19.8 Å². The number of benzene rings is 2. The monoisotopic (exact) mass is 537 g/mol. The number of pyridine rings is 1. The van der Waals surface area contributed by atoms with Gasteiger partial charge in [0.15, 0.2) is 0 Å². The van der Waals surface area contributed by atoms with Crippen LogP contribution in [0.4, 0.5) is 5.82 Å². The van der Waals surface area contributed by atoms with Crippen molar-refractivity contribution in [1.29, 1.82) is 5.26 Å². The maximum atomic E-state index is 13.4. The molecule has 5 rings (SSSR count). The number of anilines is 1. The topological polar surface area (TPSA) is 116 Å². The minimum atomic E-state index is -0.589. The zero-order valence-electron chi connectivity index (χ0n) is 22.6. The van der Waals surface area contributed by atoms with Gasteiger partial charge in [-0.3, -0.25) is 9.59 Å². The number of aromatic nitrogens is 1. The number of piperazine rings is 1. The van der Waals surface area contributed by atoms with Crippen molar-refractivity contribution in [3.8, 4) is 6.07 Å². The van der Waals surface area contributed by atoms with Gasteiger partial charge in [0.25, 0.3) is 5.91 Å². The van der Waals surface area contributed by atoms with E-state index in [4.69, 9.17) is 4.74 Å². The molecule has 9 heteroatoms. The summed E-state index contributed by atoms with van der Waals surface area (Å²) in [5.41, 5.74) is 3.81. The van der Waals surface area contributed by atoms with Crippen LogP contribution in [0.3, 0.4) is 0 Å². The lowest BCUT2D eigenvalue weighted by atomic mass is 9.87. The van der Waals surface area contributed by atoms with E-state index in [-0.39, 0.29) is 29.9 Å². The van der Waals surface area contributed by atoms with E-state index in [1.165, 1.54) is 0 Å². The Bertz CT molecular complexity index is 1470. The lowest BCUT2D eigenvalue weighted by molar-refractivity contribution is -0.120. The number of hydrogen-bond donors (Lipinski definition) is 1. The number of nitrogens with zero attached hydrogens (tertiary/aromatic N) is 4. The summed E-state index contributed by atoms with van der Waals surface area (Å²) >= 11 is 0. The van der Waals surface area contributed by atoms with Crippen LogP contribution in [0.15, 0.2) is 60.8 Å². The first-order chi connectivity index (χ1) is 19.4. The Morgan fingerprint density at radius 2 is 1.82 bits per heavy atom. The molecular formula is C31H31N5O4. The van der Waals surface area contributed by atoms with E-state index < -0.39 is 11.9 Å². The van der Waals surface area contributed by atoms with E-state index >= 15 is 0 Å². The highest BCUT2D eigenvalue weighted by Crippen LogP contribution is 2.31. The lowest BCUT2D eigenvalue weighted by Crippen LogP contribution is -2.49. The average molecular weight is 538 g/mol. The number of ether oxygens (including phenoxy) is 1. The number of carbonyl (C=O) groups excluding carboxylic acids is 3. The Labute approximate surface area is 233 Å². The van der Waals surface area contributed by atoms with Crippen LogP contribution in [0.5, 0.6) is 0 Å². The molecule has 0 radical (unpaired) electrons. The van der Waals surface area contributed by atoms with E-state index in [0.29, 0.717) is 49.4 Å². The summed E-state index contributed by atoms with van der Waals surface area (Å²) in [5.74, 6) is -0.807. The summed E-state index contributed by atoms with van der Waals surface area (Å²) in [6, 6.07) is 17.9. The number of hydrogen-bond acceptors (Lipinski definition) is 7. The van der Waals surface area contributed by atoms with Crippen LogP contribution in [-0.2, 0) is 9.53 Å². The minimum absolute atomic E-state index is 0.0549. The fraction of sp³-hybridized carbons (Fsp3) is 0.323. The van der Waals surface area contributed by atoms with Crippen molar-refractivity contribution in [2.24, 2.45) is 5.92 Å². The van der Waals surface area contributed by atoms with E-state index in [1.54, 1.807) is 47.4 Å². The molecule has 2 atom stereocenters. The van der Waals surface area contributed by atoms with Gasteiger partial charge in [-0.2, -0.15) is 5.26 Å². The van der Waals surface area contributed by atoms with Crippen molar-refractivity contribution in [3.63, 3.8) is 0 Å². The second-order valence-electron chi connectivity index (χ2n) is 10.3. The molecule has 1 N–H and O–H groups in total. The Kier molecular flexibility index (Phi) is 7.78. The molecule has 3 aromatic rings. The minimum Gasteiger partial charge on any atom is -0.462 e. The Morgan fingerprint density at radius 3 is 2.52 bits per heavy atom. The van der Waals surface area contributed by atoms with Crippen LogP contribution in [0.2, 0.25) is 0 Å². The molecule has 2 aliphatic rings. The first-order valence-corrected chi connectivity index (χ1v) is 13.4. The van der Waals surface area contributed by atoms with E-state index in [9.17, 15) is 19.6 Å². The second kappa shape index (κ2) is 11.6. The molecule has 0 spiro atoms. The third kappa shape index (κ3) is 5.52. The quantitative estimate of drug-likeness (QED) is 0.480. The lowest BCUT2D eigenvalue weighted by Gasteiger charge is -2.36. The summed E-state index contributed by atoms with van der Waals surface area (Å²) in [6.45, 7) is 6.78. The Balaban J connectivity index is 1.26. The standard InChI is InChI=1S/C31H31N5O4/c1-20-14-21(2)28(33-17-20)35-10-12-36(13-11-35)30(38)26-9-8-23(15-24(26)16-32)27-25(18-34-29(27)37)19-40-31(39)22-6-4-3-5-7-22/h3-9,14-15,17,25,27H,10-13,18-19H2,1-2H3,(H,34,37)/t25?,27-/m0/s1. The number of esters is 1. The van der Waals surface area contributed by atoms with E-state index in [1.807, 2.05) is 26.1 Å². The molecule has 0 saturated carbocycles. The first-order valence-electron chi connectivity index (χ1n) is 13.4. The molecule has 2 aromatic carbocycles. The highest BCUT2D eigenvalue weighted by Gasteiger charge is 2.37.